The van der Waals surface area contributed by atoms with Crippen LogP contribution in [0.15, 0.2) is 42.5 Å². The molecule has 1 saturated carbocycles. The van der Waals surface area contributed by atoms with E-state index in [-0.39, 0.29) is 48.1 Å². The summed E-state index contributed by atoms with van der Waals surface area (Å²) >= 11 is 1.18. The molecule has 35 heavy (non-hydrogen) atoms. The van der Waals surface area contributed by atoms with Gasteiger partial charge >= 0.3 is 5.97 Å². The number of halogens is 2. The summed E-state index contributed by atoms with van der Waals surface area (Å²) in [7, 11) is 0. The summed E-state index contributed by atoms with van der Waals surface area (Å²) in [6, 6.07) is 10.1. The highest BCUT2D eigenvalue weighted by Gasteiger charge is 2.27. The quantitative estimate of drug-likeness (QED) is 0.397. The van der Waals surface area contributed by atoms with Crippen LogP contribution in [0, 0.1) is 17.6 Å². The molecule has 3 aromatic rings. The molecule has 4 rings (SSSR count). The molecule has 0 bridgehead atoms. The van der Waals surface area contributed by atoms with E-state index in [0.717, 1.165) is 6.07 Å². The molecule has 0 radical (unpaired) electrons. The topological polar surface area (TPSA) is 105 Å². The van der Waals surface area contributed by atoms with Gasteiger partial charge in [-0.15, -0.1) is 11.3 Å². The lowest BCUT2D eigenvalue weighted by Crippen LogP contribution is -2.34. The number of thiophene rings is 1. The number of amides is 2. The van der Waals surface area contributed by atoms with Crippen molar-refractivity contribution in [1.82, 2.24) is 10.6 Å². The fourth-order valence-electron chi connectivity index (χ4n) is 4.02. The molecule has 1 aliphatic carbocycles. The second-order valence-electron chi connectivity index (χ2n) is 8.35. The van der Waals surface area contributed by atoms with Crippen molar-refractivity contribution >= 4 is 39.2 Å². The Morgan fingerprint density at radius 2 is 1.66 bits per heavy atom. The van der Waals surface area contributed by atoms with Gasteiger partial charge in [-0.25, -0.2) is 8.78 Å². The molecule has 1 aliphatic rings. The molecule has 0 saturated heterocycles. The first kappa shape index (κ1) is 24.6. The van der Waals surface area contributed by atoms with E-state index in [1.54, 1.807) is 12.1 Å². The van der Waals surface area contributed by atoms with Crippen LogP contribution in [-0.4, -0.2) is 42.1 Å². The van der Waals surface area contributed by atoms with Crippen molar-refractivity contribution in [3.05, 3.63) is 64.5 Å². The number of fused-ring (bicyclic) bond motifs is 1. The minimum atomic E-state index is -0.819. The zero-order valence-corrected chi connectivity index (χ0v) is 19.5. The standard InChI is InChI=1S/C25H24F2N2O5S/c26-18-2-1-3-21-17(18)13-22(35-21)24(31)29-11-10-28-23(30)15-6-9-20(19(27)12-15)34-16-7-4-14(5-8-16)25(32)33/h1-3,6,9,12-14,16H,4-5,7-8,10-11H2,(H,28,30)(H,29,31)(H,32,33)/t14-,16+. The Kier molecular flexibility index (Phi) is 7.60. The lowest BCUT2D eigenvalue weighted by molar-refractivity contribution is -0.143. The van der Waals surface area contributed by atoms with Gasteiger partial charge < -0.3 is 20.5 Å². The summed E-state index contributed by atoms with van der Waals surface area (Å²) in [6.07, 6.45) is 1.76. The molecule has 0 unspecified atom stereocenters. The molecule has 1 fully saturated rings. The van der Waals surface area contributed by atoms with Gasteiger partial charge in [0, 0.05) is 28.7 Å². The third-order valence-corrected chi connectivity index (χ3v) is 7.04. The molecule has 0 aliphatic heterocycles. The van der Waals surface area contributed by atoms with E-state index in [2.05, 4.69) is 10.6 Å². The third-order valence-electron chi connectivity index (χ3n) is 5.94. The highest BCUT2D eigenvalue weighted by atomic mass is 32.1. The summed E-state index contributed by atoms with van der Waals surface area (Å²) in [6.45, 7) is 0.264. The van der Waals surface area contributed by atoms with E-state index in [4.69, 9.17) is 9.84 Å². The highest BCUT2D eigenvalue weighted by Crippen LogP contribution is 2.29. The van der Waals surface area contributed by atoms with E-state index < -0.39 is 17.7 Å². The summed E-state index contributed by atoms with van der Waals surface area (Å²) in [5.74, 6) is -3.13. The molecule has 7 nitrogen and oxygen atoms in total. The van der Waals surface area contributed by atoms with Gasteiger partial charge in [0.25, 0.3) is 11.8 Å². The summed E-state index contributed by atoms with van der Waals surface area (Å²) in [4.78, 5) is 36.1. The molecule has 2 aromatic carbocycles. The van der Waals surface area contributed by atoms with Crippen LogP contribution in [0.2, 0.25) is 0 Å². The maximum atomic E-state index is 14.5. The van der Waals surface area contributed by atoms with Crippen LogP contribution in [0.25, 0.3) is 10.1 Å². The molecule has 2 amide bonds. The number of carbonyl (C=O) groups is 3. The lowest BCUT2D eigenvalue weighted by Gasteiger charge is -2.27. The summed E-state index contributed by atoms with van der Waals surface area (Å²) < 4.78 is 34.6. The number of aliphatic carboxylic acids is 1. The smallest absolute Gasteiger partial charge is 0.306 e. The Morgan fingerprint density at radius 3 is 2.31 bits per heavy atom. The van der Waals surface area contributed by atoms with Gasteiger partial charge in [0.1, 0.15) is 5.82 Å². The van der Waals surface area contributed by atoms with Gasteiger partial charge in [-0.05, 0) is 62.1 Å². The van der Waals surface area contributed by atoms with Crippen LogP contribution in [0.5, 0.6) is 5.75 Å². The van der Waals surface area contributed by atoms with E-state index in [0.29, 0.717) is 40.6 Å². The number of carboxylic acid groups (broad SMARTS) is 1. The molecule has 0 spiro atoms. The zero-order valence-electron chi connectivity index (χ0n) is 18.7. The minimum absolute atomic E-state index is 0.0207. The fraction of sp³-hybridized carbons (Fsp3) is 0.320. The maximum absolute atomic E-state index is 14.5. The van der Waals surface area contributed by atoms with Crippen LogP contribution in [0.3, 0.4) is 0 Å². The monoisotopic (exact) mass is 502 g/mol. The molecular formula is C25H24F2N2O5S. The highest BCUT2D eigenvalue weighted by molar-refractivity contribution is 7.20. The van der Waals surface area contributed by atoms with Gasteiger partial charge in [0.15, 0.2) is 11.6 Å². The number of carbonyl (C=O) groups excluding carboxylic acids is 2. The Balaban J connectivity index is 1.23. The number of carboxylic acids is 1. The predicted octanol–water partition coefficient (Wildman–Crippen LogP) is 4.36. The number of benzene rings is 2. The SMILES string of the molecule is O=C(NCCNC(=O)c1cc2c(F)cccc2s1)c1ccc(O[C@H]2CC[C@@H](C(=O)O)CC2)c(F)c1. The second kappa shape index (κ2) is 10.8. The van der Waals surface area contributed by atoms with Crippen LogP contribution >= 0.6 is 11.3 Å². The van der Waals surface area contributed by atoms with Gasteiger partial charge in [0.2, 0.25) is 0 Å². The average molecular weight is 503 g/mol. The third kappa shape index (κ3) is 5.94. The van der Waals surface area contributed by atoms with Crippen molar-refractivity contribution in [2.45, 2.75) is 31.8 Å². The van der Waals surface area contributed by atoms with Gasteiger partial charge in [-0.2, -0.15) is 0 Å². The molecule has 184 valence electrons. The second-order valence-corrected chi connectivity index (χ2v) is 9.43. The zero-order chi connectivity index (χ0) is 24.9. The molecule has 1 heterocycles. The van der Waals surface area contributed by atoms with Crippen molar-refractivity contribution in [2.24, 2.45) is 5.92 Å². The van der Waals surface area contributed by atoms with Crippen LogP contribution in [-0.2, 0) is 4.79 Å². The number of rotatable bonds is 8. The Morgan fingerprint density at radius 1 is 0.943 bits per heavy atom. The largest absolute Gasteiger partial charge is 0.487 e. The summed E-state index contributed by atoms with van der Waals surface area (Å²) in [5, 5.41) is 14.7. The molecule has 3 N–H and O–H groups in total. The fourth-order valence-corrected chi connectivity index (χ4v) is 5.01. The Hall–Kier alpha value is -3.53. The van der Waals surface area contributed by atoms with Gasteiger partial charge in [0.05, 0.1) is 16.9 Å². The van der Waals surface area contributed by atoms with Gasteiger partial charge in [-0.3, -0.25) is 14.4 Å². The van der Waals surface area contributed by atoms with E-state index in [1.807, 2.05) is 0 Å². The number of hydrogen-bond acceptors (Lipinski definition) is 5. The Labute approximate surface area is 204 Å². The molecular weight excluding hydrogens is 478 g/mol. The first-order valence-electron chi connectivity index (χ1n) is 11.3. The van der Waals surface area contributed by atoms with Crippen LogP contribution < -0.4 is 15.4 Å². The maximum Gasteiger partial charge on any atom is 0.306 e. The predicted molar refractivity (Wildman–Crippen MR) is 127 cm³/mol. The minimum Gasteiger partial charge on any atom is -0.487 e. The first-order chi connectivity index (χ1) is 16.8. The van der Waals surface area contributed by atoms with Crippen molar-refractivity contribution in [2.75, 3.05) is 13.1 Å². The number of hydrogen-bond donors (Lipinski definition) is 3. The first-order valence-corrected chi connectivity index (χ1v) is 12.1. The van der Waals surface area contributed by atoms with Crippen molar-refractivity contribution in [3.63, 3.8) is 0 Å². The molecule has 0 atom stereocenters. The van der Waals surface area contributed by atoms with E-state index >= 15 is 0 Å². The van der Waals surface area contributed by atoms with Crippen LogP contribution in [0.1, 0.15) is 45.7 Å². The Bertz CT molecular complexity index is 1250. The number of nitrogens with one attached hydrogen (secondary N) is 2. The molecule has 1 aromatic heterocycles. The van der Waals surface area contributed by atoms with Crippen molar-refractivity contribution < 1.29 is 33.0 Å². The van der Waals surface area contributed by atoms with Crippen molar-refractivity contribution in [1.29, 1.82) is 0 Å². The van der Waals surface area contributed by atoms with E-state index in [9.17, 15) is 23.2 Å². The van der Waals surface area contributed by atoms with Gasteiger partial charge in [-0.1, -0.05) is 6.07 Å². The molecule has 10 heteroatoms. The van der Waals surface area contributed by atoms with Crippen molar-refractivity contribution in [3.8, 4) is 5.75 Å². The van der Waals surface area contributed by atoms with E-state index in [1.165, 1.54) is 35.6 Å². The number of ether oxygens (including phenoxy) is 1. The normalized spacial score (nSPS) is 17.7. The average Bonchev–Trinajstić information content (AvgIpc) is 3.29. The van der Waals surface area contributed by atoms with Crippen LogP contribution in [0.4, 0.5) is 8.78 Å². The lowest BCUT2D eigenvalue weighted by atomic mass is 9.87. The summed E-state index contributed by atoms with van der Waals surface area (Å²) in [5.41, 5.74) is 0.107.